The van der Waals surface area contributed by atoms with Crippen LogP contribution in [-0.4, -0.2) is 16.8 Å². The van der Waals surface area contributed by atoms with Gasteiger partial charge in [-0.05, 0) is 36.8 Å². The standard InChI is InChI=1S/C14H20O2/c1-14(2,9-15)12-8-7-10-5-3-4-6-11(10)13(12)16/h7-8,15-16H,3-6,9H2,1-2H3. The topological polar surface area (TPSA) is 40.5 Å². The van der Waals surface area contributed by atoms with Crippen LogP contribution >= 0.6 is 0 Å². The second kappa shape index (κ2) is 4.10. The molecular weight excluding hydrogens is 200 g/mol. The summed E-state index contributed by atoms with van der Waals surface area (Å²) in [6, 6.07) is 4.08. The average Bonchev–Trinajstić information content (AvgIpc) is 2.29. The summed E-state index contributed by atoms with van der Waals surface area (Å²) in [5.41, 5.74) is 2.89. The van der Waals surface area contributed by atoms with Crippen LogP contribution in [0.5, 0.6) is 5.75 Å². The molecule has 2 N–H and O–H groups in total. The van der Waals surface area contributed by atoms with E-state index in [4.69, 9.17) is 0 Å². The maximum absolute atomic E-state index is 10.3. The number of hydrogen-bond acceptors (Lipinski definition) is 2. The van der Waals surface area contributed by atoms with Crippen molar-refractivity contribution in [1.82, 2.24) is 0 Å². The summed E-state index contributed by atoms with van der Waals surface area (Å²) in [6.07, 6.45) is 4.41. The highest BCUT2D eigenvalue weighted by molar-refractivity contribution is 5.49. The molecule has 0 saturated heterocycles. The number of benzene rings is 1. The minimum atomic E-state index is -0.365. The molecule has 1 aliphatic rings. The van der Waals surface area contributed by atoms with Crippen molar-refractivity contribution in [1.29, 1.82) is 0 Å². The zero-order valence-electron chi connectivity index (χ0n) is 10.1. The highest BCUT2D eigenvalue weighted by Gasteiger charge is 2.26. The summed E-state index contributed by atoms with van der Waals surface area (Å²) < 4.78 is 0. The fraction of sp³-hybridized carbons (Fsp3) is 0.571. The summed E-state index contributed by atoms with van der Waals surface area (Å²) in [4.78, 5) is 0. The van der Waals surface area contributed by atoms with E-state index in [9.17, 15) is 10.2 Å². The molecule has 1 aliphatic carbocycles. The summed E-state index contributed by atoms with van der Waals surface area (Å²) >= 11 is 0. The predicted molar refractivity (Wildman–Crippen MR) is 64.9 cm³/mol. The molecule has 0 radical (unpaired) electrons. The van der Waals surface area contributed by atoms with Crippen molar-refractivity contribution in [2.75, 3.05) is 6.61 Å². The molecule has 16 heavy (non-hydrogen) atoms. The first-order chi connectivity index (χ1) is 7.56. The van der Waals surface area contributed by atoms with E-state index >= 15 is 0 Å². The SMILES string of the molecule is CC(C)(CO)c1ccc2c(c1O)CCCC2. The van der Waals surface area contributed by atoms with Gasteiger partial charge in [-0.1, -0.05) is 26.0 Å². The number of aliphatic hydroxyl groups excluding tert-OH is 1. The van der Waals surface area contributed by atoms with Gasteiger partial charge in [-0.3, -0.25) is 0 Å². The summed E-state index contributed by atoms with van der Waals surface area (Å²) in [6.45, 7) is 3.97. The van der Waals surface area contributed by atoms with E-state index in [1.165, 1.54) is 12.0 Å². The maximum atomic E-state index is 10.3. The molecule has 0 aromatic heterocycles. The van der Waals surface area contributed by atoms with Gasteiger partial charge in [0, 0.05) is 11.0 Å². The van der Waals surface area contributed by atoms with Crippen LogP contribution in [-0.2, 0) is 18.3 Å². The Morgan fingerprint density at radius 1 is 1.19 bits per heavy atom. The molecule has 2 rings (SSSR count). The monoisotopic (exact) mass is 220 g/mol. The molecule has 0 heterocycles. The molecule has 0 unspecified atom stereocenters. The Morgan fingerprint density at radius 2 is 1.88 bits per heavy atom. The van der Waals surface area contributed by atoms with Crippen molar-refractivity contribution in [3.63, 3.8) is 0 Å². The lowest BCUT2D eigenvalue weighted by Crippen LogP contribution is -2.23. The molecule has 2 heteroatoms. The van der Waals surface area contributed by atoms with E-state index in [2.05, 4.69) is 6.07 Å². The van der Waals surface area contributed by atoms with Crippen molar-refractivity contribution in [2.24, 2.45) is 0 Å². The highest BCUT2D eigenvalue weighted by Crippen LogP contribution is 2.37. The van der Waals surface area contributed by atoms with E-state index in [0.717, 1.165) is 30.4 Å². The number of aryl methyl sites for hydroxylation is 1. The van der Waals surface area contributed by atoms with Crippen LogP contribution in [0.3, 0.4) is 0 Å². The van der Waals surface area contributed by atoms with Gasteiger partial charge in [-0.2, -0.15) is 0 Å². The Kier molecular flexibility index (Phi) is 2.94. The lowest BCUT2D eigenvalue weighted by atomic mass is 9.80. The minimum Gasteiger partial charge on any atom is -0.507 e. The first-order valence-corrected chi connectivity index (χ1v) is 6.01. The molecular formula is C14H20O2. The van der Waals surface area contributed by atoms with Crippen molar-refractivity contribution >= 4 is 0 Å². The Morgan fingerprint density at radius 3 is 2.56 bits per heavy atom. The Labute approximate surface area is 96.9 Å². The second-order valence-corrected chi connectivity index (χ2v) is 5.35. The second-order valence-electron chi connectivity index (χ2n) is 5.35. The molecule has 0 amide bonds. The van der Waals surface area contributed by atoms with Gasteiger partial charge in [0.05, 0.1) is 6.61 Å². The van der Waals surface area contributed by atoms with Crippen LogP contribution in [0, 0.1) is 0 Å². The van der Waals surface area contributed by atoms with Crippen LogP contribution < -0.4 is 0 Å². The Hall–Kier alpha value is -1.02. The molecule has 1 aromatic carbocycles. The van der Waals surface area contributed by atoms with Crippen molar-refractivity contribution in [2.45, 2.75) is 44.9 Å². The zero-order chi connectivity index (χ0) is 11.8. The molecule has 0 spiro atoms. The van der Waals surface area contributed by atoms with Gasteiger partial charge in [0.15, 0.2) is 0 Å². The Bertz CT molecular complexity index is 394. The van der Waals surface area contributed by atoms with Gasteiger partial charge in [0.2, 0.25) is 0 Å². The van der Waals surface area contributed by atoms with Gasteiger partial charge in [-0.15, -0.1) is 0 Å². The molecule has 0 atom stereocenters. The van der Waals surface area contributed by atoms with Crippen LogP contribution in [0.4, 0.5) is 0 Å². The van der Waals surface area contributed by atoms with Gasteiger partial charge < -0.3 is 10.2 Å². The third kappa shape index (κ3) is 1.82. The third-order valence-corrected chi connectivity index (χ3v) is 3.63. The van der Waals surface area contributed by atoms with Gasteiger partial charge in [0.1, 0.15) is 5.75 Å². The Balaban J connectivity index is 2.50. The predicted octanol–water partition coefficient (Wildman–Crippen LogP) is 2.54. The lowest BCUT2D eigenvalue weighted by molar-refractivity contribution is 0.215. The van der Waals surface area contributed by atoms with Crippen molar-refractivity contribution < 1.29 is 10.2 Å². The third-order valence-electron chi connectivity index (χ3n) is 3.63. The van der Waals surface area contributed by atoms with Gasteiger partial charge in [0.25, 0.3) is 0 Å². The zero-order valence-corrected chi connectivity index (χ0v) is 10.1. The van der Waals surface area contributed by atoms with Crippen molar-refractivity contribution in [3.8, 4) is 5.75 Å². The molecule has 0 fully saturated rings. The maximum Gasteiger partial charge on any atom is 0.122 e. The van der Waals surface area contributed by atoms with E-state index in [1.807, 2.05) is 19.9 Å². The summed E-state index contributed by atoms with van der Waals surface area (Å²) in [7, 11) is 0. The molecule has 1 aromatic rings. The molecule has 2 nitrogen and oxygen atoms in total. The van der Waals surface area contributed by atoms with Crippen LogP contribution in [0.2, 0.25) is 0 Å². The van der Waals surface area contributed by atoms with E-state index in [0.29, 0.717) is 5.75 Å². The van der Waals surface area contributed by atoms with Gasteiger partial charge in [-0.25, -0.2) is 0 Å². The van der Waals surface area contributed by atoms with Crippen LogP contribution in [0.1, 0.15) is 43.4 Å². The lowest BCUT2D eigenvalue weighted by Gasteiger charge is -2.27. The number of phenolic OH excluding ortho intramolecular Hbond substituents is 1. The number of aromatic hydroxyl groups is 1. The quantitative estimate of drug-likeness (QED) is 0.804. The summed E-state index contributed by atoms with van der Waals surface area (Å²) in [5.74, 6) is 0.413. The van der Waals surface area contributed by atoms with Gasteiger partial charge >= 0.3 is 0 Å². The van der Waals surface area contributed by atoms with E-state index < -0.39 is 0 Å². The summed E-state index contributed by atoms with van der Waals surface area (Å²) in [5, 5.41) is 19.7. The van der Waals surface area contributed by atoms with Crippen LogP contribution in [0.15, 0.2) is 12.1 Å². The largest absolute Gasteiger partial charge is 0.507 e. The first-order valence-electron chi connectivity index (χ1n) is 6.01. The number of hydrogen-bond donors (Lipinski definition) is 2. The van der Waals surface area contributed by atoms with Crippen molar-refractivity contribution in [3.05, 3.63) is 28.8 Å². The highest BCUT2D eigenvalue weighted by atomic mass is 16.3. The van der Waals surface area contributed by atoms with E-state index in [-0.39, 0.29) is 12.0 Å². The number of fused-ring (bicyclic) bond motifs is 1. The first kappa shape index (κ1) is 11.5. The normalized spacial score (nSPS) is 15.9. The van der Waals surface area contributed by atoms with E-state index in [1.54, 1.807) is 0 Å². The number of aliphatic hydroxyl groups is 1. The fourth-order valence-electron chi connectivity index (χ4n) is 2.44. The number of rotatable bonds is 2. The van der Waals surface area contributed by atoms with Crippen LogP contribution in [0.25, 0.3) is 0 Å². The molecule has 0 saturated carbocycles. The molecule has 0 aliphatic heterocycles. The smallest absolute Gasteiger partial charge is 0.122 e. The fourth-order valence-corrected chi connectivity index (χ4v) is 2.44. The molecule has 88 valence electrons. The average molecular weight is 220 g/mol. The minimum absolute atomic E-state index is 0.0549. The molecule has 0 bridgehead atoms. The number of phenols is 1.